The zero-order valence-corrected chi connectivity index (χ0v) is 11.8. The molecule has 0 atom stereocenters. The summed E-state index contributed by atoms with van der Waals surface area (Å²) in [5.74, 6) is -0.174. The molecule has 0 saturated heterocycles. The number of hydrogen-bond acceptors (Lipinski definition) is 3. The summed E-state index contributed by atoms with van der Waals surface area (Å²) in [4.78, 5) is 34.3. The van der Waals surface area contributed by atoms with Gasteiger partial charge in [-0.3, -0.25) is 19.5 Å². The van der Waals surface area contributed by atoms with Crippen LogP contribution in [0.2, 0.25) is 0 Å². The molecule has 1 aromatic heterocycles. The van der Waals surface area contributed by atoms with Crippen molar-refractivity contribution >= 4 is 5.91 Å². The van der Waals surface area contributed by atoms with E-state index in [1.54, 1.807) is 0 Å². The largest absolute Gasteiger partial charge is 0.352 e. The lowest BCUT2D eigenvalue weighted by Gasteiger charge is -2.07. The fraction of sp³-hybridized carbons (Fsp3) is 0.267. The molecule has 6 nitrogen and oxygen atoms in total. The van der Waals surface area contributed by atoms with Crippen molar-refractivity contribution in [2.45, 2.75) is 26.4 Å². The topological polar surface area (TPSA) is 84.0 Å². The first-order valence-corrected chi connectivity index (χ1v) is 6.67. The monoisotopic (exact) mass is 287 g/mol. The third kappa shape index (κ3) is 4.45. The van der Waals surface area contributed by atoms with Gasteiger partial charge in [-0.1, -0.05) is 29.8 Å². The van der Waals surface area contributed by atoms with E-state index in [2.05, 4.69) is 10.4 Å². The number of hydrogen-bond donors (Lipinski definition) is 2. The molecule has 0 fully saturated rings. The van der Waals surface area contributed by atoms with E-state index in [0.717, 1.165) is 21.9 Å². The van der Waals surface area contributed by atoms with Crippen LogP contribution >= 0.6 is 0 Å². The highest BCUT2D eigenvalue weighted by molar-refractivity contribution is 5.75. The molecular formula is C15H17N3O3. The second kappa shape index (κ2) is 6.69. The maximum Gasteiger partial charge on any atom is 0.265 e. The van der Waals surface area contributed by atoms with Gasteiger partial charge in [-0.2, -0.15) is 0 Å². The number of aromatic amines is 1. The summed E-state index contributed by atoms with van der Waals surface area (Å²) in [5, 5.41) is 5.16. The van der Waals surface area contributed by atoms with E-state index in [0.29, 0.717) is 6.54 Å². The normalized spacial score (nSPS) is 10.3. The van der Waals surface area contributed by atoms with E-state index in [4.69, 9.17) is 0 Å². The Hall–Kier alpha value is -2.63. The molecule has 6 heteroatoms. The fourth-order valence-corrected chi connectivity index (χ4v) is 1.84. The number of rotatable bonds is 5. The van der Waals surface area contributed by atoms with Crippen LogP contribution in [0.1, 0.15) is 17.5 Å². The van der Waals surface area contributed by atoms with Crippen molar-refractivity contribution < 1.29 is 4.79 Å². The molecule has 2 rings (SSSR count). The lowest BCUT2D eigenvalue weighted by molar-refractivity contribution is -0.121. The average Bonchev–Trinajstić information content (AvgIpc) is 2.47. The van der Waals surface area contributed by atoms with Gasteiger partial charge in [-0.25, -0.2) is 4.68 Å². The molecule has 21 heavy (non-hydrogen) atoms. The van der Waals surface area contributed by atoms with Crippen LogP contribution in [-0.4, -0.2) is 15.7 Å². The van der Waals surface area contributed by atoms with Gasteiger partial charge in [-0.15, -0.1) is 0 Å². The minimum absolute atomic E-state index is 0.131. The van der Waals surface area contributed by atoms with Gasteiger partial charge in [0.25, 0.3) is 11.1 Å². The van der Waals surface area contributed by atoms with Crippen molar-refractivity contribution in [2.24, 2.45) is 0 Å². The Morgan fingerprint density at radius 3 is 2.57 bits per heavy atom. The number of aryl methyl sites for hydroxylation is 2. The molecule has 110 valence electrons. The van der Waals surface area contributed by atoms with Crippen LogP contribution < -0.4 is 16.4 Å². The number of amides is 1. The van der Waals surface area contributed by atoms with Gasteiger partial charge < -0.3 is 5.32 Å². The predicted octanol–water partition coefficient (Wildman–Crippen LogP) is 0.552. The highest BCUT2D eigenvalue weighted by Crippen LogP contribution is 2.02. The predicted molar refractivity (Wildman–Crippen MR) is 79.0 cm³/mol. The van der Waals surface area contributed by atoms with Crippen LogP contribution in [0.15, 0.2) is 46.0 Å². The first-order chi connectivity index (χ1) is 10.0. The van der Waals surface area contributed by atoms with E-state index < -0.39 is 0 Å². The van der Waals surface area contributed by atoms with Gasteiger partial charge in [0.15, 0.2) is 0 Å². The molecule has 1 heterocycles. The van der Waals surface area contributed by atoms with Crippen LogP contribution in [-0.2, 0) is 17.9 Å². The summed E-state index contributed by atoms with van der Waals surface area (Å²) in [5.41, 5.74) is 1.48. The van der Waals surface area contributed by atoms with Crippen LogP contribution in [0.4, 0.5) is 0 Å². The Morgan fingerprint density at radius 1 is 1.14 bits per heavy atom. The quantitative estimate of drug-likeness (QED) is 0.842. The van der Waals surface area contributed by atoms with Gasteiger partial charge in [0, 0.05) is 25.1 Å². The Labute approximate surface area is 121 Å². The van der Waals surface area contributed by atoms with E-state index >= 15 is 0 Å². The fourth-order valence-electron chi connectivity index (χ4n) is 1.84. The molecular weight excluding hydrogens is 270 g/mol. The van der Waals surface area contributed by atoms with Gasteiger partial charge in [-0.05, 0) is 12.5 Å². The Kier molecular flexibility index (Phi) is 4.71. The van der Waals surface area contributed by atoms with Crippen molar-refractivity contribution in [3.8, 4) is 0 Å². The molecule has 0 unspecified atom stereocenters. The zero-order valence-electron chi connectivity index (χ0n) is 11.8. The molecule has 0 aliphatic rings. The molecule has 0 bridgehead atoms. The van der Waals surface area contributed by atoms with Gasteiger partial charge >= 0.3 is 0 Å². The highest BCUT2D eigenvalue weighted by Gasteiger charge is 2.03. The van der Waals surface area contributed by atoms with Crippen LogP contribution in [0.5, 0.6) is 0 Å². The Morgan fingerprint density at radius 2 is 1.86 bits per heavy atom. The Bertz CT molecular complexity index is 729. The molecule has 2 aromatic rings. The number of carbonyl (C=O) groups excluding carboxylic acids is 1. The number of carbonyl (C=O) groups is 1. The zero-order chi connectivity index (χ0) is 15.2. The van der Waals surface area contributed by atoms with Crippen molar-refractivity contribution in [3.05, 3.63) is 68.2 Å². The van der Waals surface area contributed by atoms with Crippen LogP contribution in [0.25, 0.3) is 0 Å². The summed E-state index contributed by atoms with van der Waals surface area (Å²) < 4.78 is 1.13. The number of nitrogens with zero attached hydrogens (tertiary/aromatic N) is 1. The molecule has 0 saturated carbocycles. The molecule has 0 spiro atoms. The third-order valence-corrected chi connectivity index (χ3v) is 3.06. The second-order valence-corrected chi connectivity index (χ2v) is 4.81. The number of nitrogens with one attached hydrogen (secondary N) is 2. The summed E-state index contributed by atoms with van der Waals surface area (Å²) in [6.07, 6.45) is 0.131. The second-order valence-electron chi connectivity index (χ2n) is 4.81. The summed E-state index contributed by atoms with van der Waals surface area (Å²) in [6.45, 7) is 2.59. The molecule has 1 amide bonds. The lowest BCUT2D eigenvalue weighted by atomic mass is 10.1. The van der Waals surface area contributed by atoms with Crippen molar-refractivity contribution in [1.29, 1.82) is 0 Å². The smallest absolute Gasteiger partial charge is 0.265 e. The molecule has 0 radical (unpaired) electrons. The van der Waals surface area contributed by atoms with Crippen molar-refractivity contribution in [1.82, 2.24) is 15.1 Å². The minimum atomic E-state index is -0.366. The molecule has 0 aliphatic carbocycles. The standard InChI is InChI=1S/C15H17N3O3/c1-11-2-4-12(5-3-11)10-16-13(19)8-9-18-15(21)7-6-14(20)17-18/h2-7H,8-10H2,1H3,(H,16,19)(H,17,20). The third-order valence-electron chi connectivity index (χ3n) is 3.06. The molecule has 0 aliphatic heterocycles. The lowest BCUT2D eigenvalue weighted by Crippen LogP contribution is -2.31. The maximum atomic E-state index is 11.7. The summed E-state index contributed by atoms with van der Waals surface area (Å²) >= 11 is 0. The Balaban J connectivity index is 1.85. The average molecular weight is 287 g/mol. The molecule has 1 aromatic carbocycles. The molecule has 2 N–H and O–H groups in total. The number of H-pyrrole nitrogens is 1. The maximum absolute atomic E-state index is 11.7. The van der Waals surface area contributed by atoms with Gasteiger partial charge in [0.05, 0.1) is 6.54 Å². The van der Waals surface area contributed by atoms with E-state index in [-0.39, 0.29) is 30.0 Å². The first kappa shape index (κ1) is 14.8. The van der Waals surface area contributed by atoms with E-state index in [9.17, 15) is 14.4 Å². The van der Waals surface area contributed by atoms with Crippen LogP contribution in [0, 0.1) is 6.92 Å². The van der Waals surface area contributed by atoms with Crippen LogP contribution in [0.3, 0.4) is 0 Å². The SMILES string of the molecule is Cc1ccc(CNC(=O)CCn2[nH]c(=O)ccc2=O)cc1. The first-order valence-electron chi connectivity index (χ1n) is 6.67. The highest BCUT2D eigenvalue weighted by atomic mass is 16.2. The van der Waals surface area contributed by atoms with Gasteiger partial charge in [0.2, 0.25) is 5.91 Å². The number of benzene rings is 1. The van der Waals surface area contributed by atoms with Gasteiger partial charge in [0.1, 0.15) is 0 Å². The summed E-state index contributed by atoms with van der Waals surface area (Å²) in [6, 6.07) is 10.2. The van der Waals surface area contributed by atoms with E-state index in [1.165, 1.54) is 6.07 Å². The van der Waals surface area contributed by atoms with Crippen molar-refractivity contribution in [3.63, 3.8) is 0 Å². The number of aromatic nitrogens is 2. The van der Waals surface area contributed by atoms with E-state index in [1.807, 2.05) is 31.2 Å². The minimum Gasteiger partial charge on any atom is -0.352 e. The summed E-state index contributed by atoms with van der Waals surface area (Å²) in [7, 11) is 0. The van der Waals surface area contributed by atoms with Crippen molar-refractivity contribution in [2.75, 3.05) is 0 Å².